The maximum absolute atomic E-state index is 13.0. The van der Waals surface area contributed by atoms with Gasteiger partial charge in [-0.2, -0.15) is 5.48 Å². The molecule has 2 unspecified atom stereocenters. The molecule has 12 nitrogen and oxygen atoms in total. The van der Waals surface area contributed by atoms with E-state index in [1.54, 1.807) is 12.0 Å². The summed E-state index contributed by atoms with van der Waals surface area (Å²) in [6.07, 6.45) is 3.34. The second kappa shape index (κ2) is 25.0. The van der Waals surface area contributed by atoms with E-state index in [0.29, 0.717) is 79.1 Å². The van der Waals surface area contributed by atoms with Crippen molar-refractivity contribution >= 4 is 12.0 Å². The molecular formula is C36H55N3O9. The van der Waals surface area contributed by atoms with Gasteiger partial charge in [-0.1, -0.05) is 54.6 Å². The van der Waals surface area contributed by atoms with Crippen molar-refractivity contribution in [2.45, 2.75) is 51.2 Å². The van der Waals surface area contributed by atoms with E-state index in [4.69, 9.17) is 33.3 Å². The van der Waals surface area contributed by atoms with Gasteiger partial charge in [-0.05, 0) is 49.3 Å². The van der Waals surface area contributed by atoms with Crippen LogP contribution in [-0.4, -0.2) is 122 Å². The number of methoxy groups -OCH3 is 1. The van der Waals surface area contributed by atoms with Crippen molar-refractivity contribution in [3.8, 4) is 0 Å². The summed E-state index contributed by atoms with van der Waals surface area (Å²) in [4.78, 5) is 32.4. The molecule has 2 atom stereocenters. The van der Waals surface area contributed by atoms with E-state index in [1.807, 2.05) is 25.1 Å². The zero-order chi connectivity index (χ0) is 34.1. The van der Waals surface area contributed by atoms with E-state index >= 15 is 0 Å². The average Bonchev–Trinajstić information content (AvgIpc) is 3.11. The monoisotopic (exact) mass is 673 g/mol. The molecule has 1 aliphatic rings. The molecule has 0 spiro atoms. The smallest absolute Gasteiger partial charge is 0.382 e. The van der Waals surface area contributed by atoms with Crippen molar-refractivity contribution < 1.29 is 42.8 Å². The highest BCUT2D eigenvalue weighted by molar-refractivity contribution is 5.79. The number of unbranched alkanes of at least 4 members (excludes halogenated alkanes) is 1. The number of hydrogen-bond acceptors (Lipinski definition) is 10. The van der Waals surface area contributed by atoms with E-state index in [9.17, 15) is 9.59 Å². The number of hydrogen-bond donors (Lipinski definition) is 2. The molecule has 1 heterocycles. The molecule has 0 saturated carbocycles. The molecule has 2 aromatic carbocycles. The second-order valence-electron chi connectivity index (χ2n) is 11.4. The van der Waals surface area contributed by atoms with Crippen LogP contribution in [0.15, 0.2) is 54.6 Å². The lowest BCUT2D eigenvalue weighted by molar-refractivity contribution is -0.130. The van der Waals surface area contributed by atoms with Crippen molar-refractivity contribution in [3.05, 3.63) is 71.3 Å². The van der Waals surface area contributed by atoms with Crippen LogP contribution in [0.3, 0.4) is 0 Å². The SMILES string of the molecule is CCOCCOCCOCCOCCOC(COC)C1CNCCN1C(=O)ONC(=O)Cc1ccc(CCCCc2ccccc2)cc1. The maximum atomic E-state index is 13.0. The van der Waals surface area contributed by atoms with Crippen molar-refractivity contribution in [2.75, 3.05) is 92.8 Å². The zero-order valence-corrected chi connectivity index (χ0v) is 28.7. The van der Waals surface area contributed by atoms with Gasteiger partial charge in [-0.15, -0.1) is 0 Å². The Morgan fingerprint density at radius 1 is 0.812 bits per heavy atom. The number of ether oxygens (including phenoxy) is 6. The maximum Gasteiger partial charge on any atom is 0.434 e. The summed E-state index contributed by atoms with van der Waals surface area (Å²) in [6, 6.07) is 18.2. The Balaban J connectivity index is 1.31. The molecule has 2 N–H and O–H groups in total. The van der Waals surface area contributed by atoms with Gasteiger partial charge in [0.05, 0.1) is 71.9 Å². The molecule has 2 aromatic rings. The Morgan fingerprint density at radius 3 is 2.02 bits per heavy atom. The highest BCUT2D eigenvalue weighted by Gasteiger charge is 2.35. The Labute approximate surface area is 285 Å². The van der Waals surface area contributed by atoms with Gasteiger partial charge in [0.15, 0.2) is 0 Å². The first-order valence-electron chi connectivity index (χ1n) is 17.1. The predicted octanol–water partition coefficient (Wildman–Crippen LogP) is 3.35. The number of rotatable bonds is 24. The number of hydroxylamine groups is 1. The lowest BCUT2D eigenvalue weighted by atomic mass is 10.0. The molecule has 0 aliphatic carbocycles. The number of carbonyl (C=O) groups is 2. The van der Waals surface area contributed by atoms with Crippen molar-refractivity contribution in [1.29, 1.82) is 0 Å². The Hall–Kier alpha value is -3.10. The fraction of sp³-hybridized carbons (Fsp3) is 0.611. The third-order valence-electron chi connectivity index (χ3n) is 7.82. The first-order valence-corrected chi connectivity index (χ1v) is 17.1. The first-order chi connectivity index (χ1) is 23.6. The molecule has 0 aromatic heterocycles. The standard InChI is InChI=1S/C36H55N3O9/c1-3-43-19-20-44-21-22-45-23-24-46-25-26-47-34(29-42-2)33-28-37-17-18-39(33)36(41)48-38-35(40)27-32-15-13-31(14-16-32)12-8-7-11-30-9-5-4-6-10-30/h4-6,9-10,13-16,33-34,37H,3,7-8,11-12,17-29H2,1-2H3,(H,38,40). The Kier molecular flexibility index (Phi) is 20.5. The minimum absolute atomic E-state index is 0.106. The molecule has 12 heteroatoms. The summed E-state index contributed by atoms with van der Waals surface area (Å²) < 4.78 is 33.2. The summed E-state index contributed by atoms with van der Waals surface area (Å²) in [5, 5.41) is 3.30. The van der Waals surface area contributed by atoms with Crippen LogP contribution in [0.1, 0.15) is 36.5 Å². The highest BCUT2D eigenvalue weighted by Crippen LogP contribution is 2.14. The fourth-order valence-corrected chi connectivity index (χ4v) is 5.29. The van der Waals surface area contributed by atoms with Crippen LogP contribution in [0.25, 0.3) is 0 Å². The van der Waals surface area contributed by atoms with Crippen LogP contribution in [-0.2, 0) is 57.3 Å². The summed E-state index contributed by atoms with van der Waals surface area (Å²) in [5.41, 5.74) is 5.77. The molecule has 0 bridgehead atoms. The molecule has 1 fully saturated rings. The number of nitrogens with one attached hydrogen (secondary N) is 2. The predicted molar refractivity (Wildman–Crippen MR) is 182 cm³/mol. The summed E-state index contributed by atoms with van der Waals surface area (Å²) in [7, 11) is 1.59. The van der Waals surface area contributed by atoms with Gasteiger partial charge >= 0.3 is 6.09 Å². The van der Waals surface area contributed by atoms with E-state index in [-0.39, 0.29) is 19.1 Å². The van der Waals surface area contributed by atoms with Crippen LogP contribution >= 0.6 is 0 Å². The highest BCUT2D eigenvalue weighted by atomic mass is 16.7. The number of aryl methyl sites for hydroxylation is 2. The van der Waals surface area contributed by atoms with Crippen LogP contribution in [0.5, 0.6) is 0 Å². The summed E-state index contributed by atoms with van der Waals surface area (Å²) in [6.45, 7) is 8.11. The molecule has 2 amide bonds. The number of nitrogens with zero attached hydrogens (tertiary/aromatic N) is 1. The minimum Gasteiger partial charge on any atom is -0.382 e. The largest absolute Gasteiger partial charge is 0.434 e. The van der Waals surface area contributed by atoms with Crippen molar-refractivity contribution in [2.24, 2.45) is 0 Å². The number of amides is 2. The van der Waals surface area contributed by atoms with Gasteiger partial charge in [-0.3, -0.25) is 9.69 Å². The Morgan fingerprint density at radius 2 is 1.40 bits per heavy atom. The second-order valence-corrected chi connectivity index (χ2v) is 11.4. The van der Waals surface area contributed by atoms with Crippen molar-refractivity contribution in [1.82, 2.24) is 15.7 Å². The molecule has 268 valence electrons. The van der Waals surface area contributed by atoms with Gasteiger partial charge < -0.3 is 38.6 Å². The van der Waals surface area contributed by atoms with E-state index in [1.165, 1.54) is 11.1 Å². The lowest BCUT2D eigenvalue weighted by Gasteiger charge is -2.39. The molecule has 48 heavy (non-hydrogen) atoms. The lowest BCUT2D eigenvalue weighted by Crippen LogP contribution is -2.60. The molecule has 1 saturated heterocycles. The normalized spacial score (nSPS) is 15.3. The number of piperazine rings is 1. The quantitative estimate of drug-likeness (QED) is 0.127. The number of benzene rings is 2. The molecule has 3 rings (SSSR count). The average molecular weight is 674 g/mol. The van der Waals surface area contributed by atoms with E-state index in [0.717, 1.165) is 31.2 Å². The summed E-state index contributed by atoms with van der Waals surface area (Å²) in [5.74, 6) is -0.398. The minimum atomic E-state index is -0.638. The Bertz CT molecular complexity index is 1120. The first kappa shape index (κ1) is 39.3. The third-order valence-corrected chi connectivity index (χ3v) is 7.82. The van der Waals surface area contributed by atoms with Gasteiger partial charge in [0.2, 0.25) is 0 Å². The van der Waals surface area contributed by atoms with Gasteiger partial charge in [0.25, 0.3) is 5.91 Å². The van der Waals surface area contributed by atoms with Crippen LogP contribution < -0.4 is 10.8 Å². The molecule has 0 radical (unpaired) electrons. The van der Waals surface area contributed by atoms with E-state index in [2.05, 4.69) is 47.2 Å². The van der Waals surface area contributed by atoms with Gasteiger partial charge in [0.1, 0.15) is 6.10 Å². The molecule has 1 aliphatic heterocycles. The van der Waals surface area contributed by atoms with Crippen LogP contribution in [0.4, 0.5) is 4.79 Å². The van der Waals surface area contributed by atoms with Gasteiger partial charge in [-0.25, -0.2) is 4.79 Å². The summed E-state index contributed by atoms with van der Waals surface area (Å²) >= 11 is 0. The molecular weight excluding hydrogens is 618 g/mol. The van der Waals surface area contributed by atoms with Gasteiger partial charge in [0, 0.05) is 33.4 Å². The third kappa shape index (κ3) is 16.3. The fourth-order valence-electron chi connectivity index (χ4n) is 5.29. The number of carbonyl (C=O) groups excluding carboxylic acids is 2. The topological polar surface area (TPSA) is 126 Å². The van der Waals surface area contributed by atoms with Crippen molar-refractivity contribution in [3.63, 3.8) is 0 Å². The zero-order valence-electron chi connectivity index (χ0n) is 28.7. The van der Waals surface area contributed by atoms with Crippen LogP contribution in [0.2, 0.25) is 0 Å². The van der Waals surface area contributed by atoms with Crippen LogP contribution in [0, 0.1) is 0 Å². The van der Waals surface area contributed by atoms with E-state index < -0.39 is 18.1 Å².